The quantitative estimate of drug-likeness (QED) is 0.693. The molecule has 2 rings (SSSR count). The smallest absolute Gasteiger partial charge is 0.307 e. The van der Waals surface area contributed by atoms with E-state index < -0.39 is 6.04 Å². The molecule has 0 aliphatic heterocycles. The zero-order valence-corrected chi connectivity index (χ0v) is 14.9. The van der Waals surface area contributed by atoms with Crippen molar-refractivity contribution in [3.8, 4) is 0 Å². The highest BCUT2D eigenvalue weighted by molar-refractivity contribution is 9.10. The molecule has 1 N–H and O–H groups in total. The third-order valence-electron chi connectivity index (χ3n) is 3.46. The minimum Gasteiger partial charge on any atom is -0.469 e. The van der Waals surface area contributed by atoms with Gasteiger partial charge in [0.2, 0.25) is 5.91 Å². The highest BCUT2D eigenvalue weighted by Crippen LogP contribution is 2.20. The van der Waals surface area contributed by atoms with Gasteiger partial charge in [0.1, 0.15) is 12.7 Å². The average molecular weight is 395 g/mol. The van der Waals surface area contributed by atoms with Crippen LogP contribution in [-0.2, 0) is 20.9 Å². The molecule has 0 bridgehead atoms. The van der Waals surface area contributed by atoms with Crippen LogP contribution in [0.1, 0.15) is 30.9 Å². The Morgan fingerprint density at radius 1 is 1.33 bits per heavy atom. The fourth-order valence-electron chi connectivity index (χ4n) is 2.21. The Morgan fingerprint density at radius 2 is 2.08 bits per heavy atom. The van der Waals surface area contributed by atoms with E-state index in [1.54, 1.807) is 11.0 Å². The summed E-state index contributed by atoms with van der Waals surface area (Å²) in [6.45, 7) is 0.618. The van der Waals surface area contributed by atoms with Crippen molar-refractivity contribution in [2.45, 2.75) is 31.8 Å². The van der Waals surface area contributed by atoms with Gasteiger partial charge in [-0.05, 0) is 24.1 Å². The molecule has 7 nitrogen and oxygen atoms in total. The summed E-state index contributed by atoms with van der Waals surface area (Å²) in [5.41, 5.74) is 0.855. The molecule has 24 heavy (non-hydrogen) atoms. The van der Waals surface area contributed by atoms with Crippen LogP contribution in [0.25, 0.3) is 0 Å². The number of nitrogens with one attached hydrogen (secondary N) is 1. The van der Waals surface area contributed by atoms with Crippen LogP contribution >= 0.6 is 15.9 Å². The Labute approximate surface area is 148 Å². The number of carbonyl (C=O) groups is 2. The Bertz CT molecular complexity index is 658. The van der Waals surface area contributed by atoms with Gasteiger partial charge >= 0.3 is 5.97 Å². The summed E-state index contributed by atoms with van der Waals surface area (Å²) in [5.74, 6) is -0.488. The summed E-state index contributed by atoms with van der Waals surface area (Å²) in [7, 11) is 1.33. The Hall–Kier alpha value is -2.22. The van der Waals surface area contributed by atoms with E-state index in [1.165, 1.54) is 13.4 Å². The molecule has 0 unspecified atom stereocenters. The van der Waals surface area contributed by atoms with Gasteiger partial charge in [-0.2, -0.15) is 5.10 Å². The van der Waals surface area contributed by atoms with Crippen LogP contribution in [-0.4, -0.2) is 33.8 Å². The number of rotatable bonds is 8. The first-order valence-electron chi connectivity index (χ1n) is 7.52. The van der Waals surface area contributed by atoms with E-state index >= 15 is 0 Å². The first-order chi connectivity index (χ1) is 11.6. The fraction of sp³-hybridized carbons (Fsp3) is 0.375. The summed E-state index contributed by atoms with van der Waals surface area (Å²) in [6.07, 6.45) is 4.14. The van der Waals surface area contributed by atoms with Gasteiger partial charge in [0.25, 0.3) is 0 Å². The van der Waals surface area contributed by atoms with E-state index in [-0.39, 0.29) is 18.3 Å². The van der Waals surface area contributed by atoms with Crippen molar-refractivity contribution < 1.29 is 14.3 Å². The number of ether oxygens (including phenoxy) is 1. The van der Waals surface area contributed by atoms with Gasteiger partial charge in [-0.1, -0.05) is 28.1 Å². The van der Waals surface area contributed by atoms with Crippen molar-refractivity contribution in [1.29, 1.82) is 0 Å². The minimum absolute atomic E-state index is 0.0902. The molecule has 0 saturated heterocycles. The summed E-state index contributed by atoms with van der Waals surface area (Å²) in [5, 5.41) is 6.89. The minimum atomic E-state index is -0.413. The summed E-state index contributed by atoms with van der Waals surface area (Å²) in [4.78, 5) is 27.6. The standard InChI is InChI=1S/C16H19BrN4O3/c1-24-16(23)9-14(12-4-6-13(17)7-5-12)20-15(22)3-2-8-21-11-18-10-19-21/h4-7,10-11,14H,2-3,8-9H2,1H3,(H,20,22)/t14-/m1/s1. The van der Waals surface area contributed by atoms with Gasteiger partial charge in [-0.25, -0.2) is 4.98 Å². The van der Waals surface area contributed by atoms with Gasteiger partial charge in [0.15, 0.2) is 0 Å². The maximum Gasteiger partial charge on any atom is 0.307 e. The van der Waals surface area contributed by atoms with Crippen molar-refractivity contribution in [2.75, 3.05) is 7.11 Å². The maximum atomic E-state index is 12.2. The van der Waals surface area contributed by atoms with Crippen LogP contribution in [0.4, 0.5) is 0 Å². The first-order valence-corrected chi connectivity index (χ1v) is 8.32. The molecule has 0 aliphatic carbocycles. The van der Waals surface area contributed by atoms with E-state index in [0.29, 0.717) is 19.4 Å². The molecular formula is C16H19BrN4O3. The molecule has 0 aliphatic rings. The van der Waals surface area contributed by atoms with E-state index in [0.717, 1.165) is 10.0 Å². The van der Waals surface area contributed by atoms with Crippen LogP contribution in [0.3, 0.4) is 0 Å². The zero-order chi connectivity index (χ0) is 17.4. The molecule has 0 spiro atoms. The van der Waals surface area contributed by atoms with E-state index in [2.05, 4.69) is 31.3 Å². The molecule has 1 amide bonds. The Kier molecular flexibility index (Phi) is 6.92. The molecule has 0 saturated carbocycles. The molecular weight excluding hydrogens is 376 g/mol. The van der Waals surface area contributed by atoms with Crippen LogP contribution in [0.2, 0.25) is 0 Å². The third kappa shape index (κ3) is 5.77. The van der Waals surface area contributed by atoms with E-state index in [9.17, 15) is 9.59 Å². The normalized spacial score (nSPS) is 11.8. The molecule has 0 radical (unpaired) electrons. The molecule has 2 aromatic rings. The van der Waals surface area contributed by atoms with Crippen LogP contribution < -0.4 is 5.32 Å². The summed E-state index contributed by atoms with van der Waals surface area (Å²) < 4.78 is 7.33. The van der Waals surface area contributed by atoms with Crippen molar-refractivity contribution in [3.63, 3.8) is 0 Å². The first kappa shape index (κ1) is 18.1. The number of aryl methyl sites for hydroxylation is 1. The van der Waals surface area contributed by atoms with Crippen molar-refractivity contribution >= 4 is 27.8 Å². The number of hydrogen-bond acceptors (Lipinski definition) is 5. The van der Waals surface area contributed by atoms with E-state index in [1.807, 2.05) is 24.3 Å². The second-order valence-corrected chi connectivity index (χ2v) is 6.13. The molecule has 1 aromatic carbocycles. The number of hydrogen-bond donors (Lipinski definition) is 1. The van der Waals surface area contributed by atoms with Gasteiger partial charge in [-0.3, -0.25) is 14.3 Å². The highest BCUT2D eigenvalue weighted by atomic mass is 79.9. The number of nitrogens with zero attached hydrogens (tertiary/aromatic N) is 3. The van der Waals surface area contributed by atoms with Crippen molar-refractivity contribution in [3.05, 3.63) is 47.0 Å². The lowest BCUT2D eigenvalue weighted by atomic mass is 10.0. The molecule has 0 fully saturated rings. The molecule has 128 valence electrons. The number of amides is 1. The predicted octanol–water partition coefficient (Wildman–Crippen LogP) is 2.24. The Morgan fingerprint density at radius 3 is 2.71 bits per heavy atom. The second kappa shape index (κ2) is 9.17. The number of carbonyl (C=O) groups excluding carboxylic acids is 2. The van der Waals surface area contributed by atoms with Crippen LogP contribution in [0.15, 0.2) is 41.4 Å². The molecule has 1 atom stereocenters. The predicted molar refractivity (Wildman–Crippen MR) is 90.9 cm³/mol. The van der Waals surface area contributed by atoms with E-state index in [4.69, 9.17) is 4.74 Å². The van der Waals surface area contributed by atoms with Gasteiger partial charge in [0, 0.05) is 17.4 Å². The number of benzene rings is 1. The van der Waals surface area contributed by atoms with Crippen molar-refractivity contribution in [1.82, 2.24) is 20.1 Å². The molecule has 1 heterocycles. The molecule has 8 heteroatoms. The topological polar surface area (TPSA) is 86.1 Å². The van der Waals surface area contributed by atoms with Crippen LogP contribution in [0, 0.1) is 0 Å². The largest absolute Gasteiger partial charge is 0.469 e. The van der Waals surface area contributed by atoms with Gasteiger partial charge in [-0.15, -0.1) is 0 Å². The number of esters is 1. The zero-order valence-electron chi connectivity index (χ0n) is 13.3. The Balaban J connectivity index is 1.92. The third-order valence-corrected chi connectivity index (χ3v) is 3.99. The molecule has 1 aromatic heterocycles. The van der Waals surface area contributed by atoms with Crippen LogP contribution in [0.5, 0.6) is 0 Å². The van der Waals surface area contributed by atoms with Gasteiger partial charge < -0.3 is 10.1 Å². The summed E-state index contributed by atoms with van der Waals surface area (Å²) >= 11 is 3.37. The lowest BCUT2D eigenvalue weighted by molar-refractivity contribution is -0.141. The fourth-order valence-corrected chi connectivity index (χ4v) is 2.48. The SMILES string of the molecule is COC(=O)C[C@@H](NC(=O)CCCn1cncn1)c1ccc(Br)cc1. The second-order valence-electron chi connectivity index (χ2n) is 5.21. The highest BCUT2D eigenvalue weighted by Gasteiger charge is 2.18. The monoisotopic (exact) mass is 394 g/mol. The lowest BCUT2D eigenvalue weighted by Gasteiger charge is -2.18. The number of aromatic nitrogens is 3. The number of methoxy groups -OCH3 is 1. The summed E-state index contributed by atoms with van der Waals surface area (Å²) in [6, 6.07) is 7.07. The van der Waals surface area contributed by atoms with Crippen molar-refractivity contribution in [2.24, 2.45) is 0 Å². The maximum absolute atomic E-state index is 12.2. The number of halogens is 1. The van der Waals surface area contributed by atoms with Gasteiger partial charge in [0.05, 0.1) is 19.6 Å². The average Bonchev–Trinajstić information content (AvgIpc) is 3.08. The lowest BCUT2D eigenvalue weighted by Crippen LogP contribution is -2.30.